The largest absolute Gasteiger partial charge is 0.322 e. The van der Waals surface area contributed by atoms with Gasteiger partial charge in [-0.1, -0.05) is 11.6 Å². The van der Waals surface area contributed by atoms with Crippen molar-refractivity contribution in [1.82, 2.24) is 9.80 Å². The Morgan fingerprint density at radius 3 is 2.78 bits per heavy atom. The first kappa shape index (κ1) is 16.0. The van der Waals surface area contributed by atoms with Gasteiger partial charge in [-0.05, 0) is 38.9 Å². The van der Waals surface area contributed by atoms with E-state index in [1.807, 2.05) is 4.90 Å². The van der Waals surface area contributed by atoms with Crippen LogP contribution in [-0.4, -0.2) is 53.0 Å². The lowest BCUT2D eigenvalue weighted by atomic mass is 10.1. The van der Waals surface area contributed by atoms with E-state index in [0.717, 1.165) is 32.4 Å². The van der Waals surface area contributed by atoms with Gasteiger partial charge in [0.1, 0.15) is 0 Å². The molecular formula is C15H19ClN4O3. The number of nitrogens with one attached hydrogen (secondary N) is 1. The van der Waals surface area contributed by atoms with Crippen molar-refractivity contribution < 1.29 is 9.72 Å². The number of likely N-dealkylation sites (N-methyl/N-ethyl adjacent to an activating group) is 1. The number of urea groups is 1. The predicted octanol–water partition coefficient (Wildman–Crippen LogP) is 2.95. The van der Waals surface area contributed by atoms with Crippen molar-refractivity contribution in [3.8, 4) is 0 Å². The second kappa shape index (κ2) is 6.33. The highest BCUT2D eigenvalue weighted by Gasteiger charge is 2.39. The summed E-state index contributed by atoms with van der Waals surface area (Å²) in [6.45, 7) is 1.86. The summed E-state index contributed by atoms with van der Waals surface area (Å²) in [5, 5.41) is 13.7. The molecule has 1 aromatic rings. The Hall–Kier alpha value is -1.86. The van der Waals surface area contributed by atoms with Gasteiger partial charge in [-0.2, -0.15) is 0 Å². The first-order valence-electron chi connectivity index (χ1n) is 7.67. The average molecular weight is 339 g/mol. The fourth-order valence-corrected chi connectivity index (χ4v) is 3.70. The van der Waals surface area contributed by atoms with E-state index in [-0.39, 0.29) is 28.8 Å². The van der Waals surface area contributed by atoms with Gasteiger partial charge >= 0.3 is 6.03 Å². The summed E-state index contributed by atoms with van der Waals surface area (Å²) in [5.74, 6) is 0. The van der Waals surface area contributed by atoms with E-state index < -0.39 is 4.92 Å². The van der Waals surface area contributed by atoms with Crippen LogP contribution in [0.2, 0.25) is 5.02 Å². The minimum Gasteiger partial charge on any atom is -0.317 e. The van der Waals surface area contributed by atoms with E-state index in [9.17, 15) is 14.9 Å². The Balaban J connectivity index is 1.75. The summed E-state index contributed by atoms with van der Waals surface area (Å²) in [7, 11) is 2.07. The number of anilines is 1. The summed E-state index contributed by atoms with van der Waals surface area (Å²) >= 11 is 6.05. The fraction of sp³-hybridized carbons (Fsp3) is 0.533. The molecule has 8 heteroatoms. The third-order valence-electron chi connectivity index (χ3n) is 4.63. The Morgan fingerprint density at radius 1 is 1.35 bits per heavy atom. The maximum Gasteiger partial charge on any atom is 0.322 e. The van der Waals surface area contributed by atoms with Crippen molar-refractivity contribution in [3.05, 3.63) is 33.3 Å². The van der Waals surface area contributed by atoms with Crippen LogP contribution in [-0.2, 0) is 0 Å². The molecular weight excluding hydrogens is 320 g/mol. The van der Waals surface area contributed by atoms with E-state index in [1.54, 1.807) is 0 Å². The first-order valence-corrected chi connectivity index (χ1v) is 8.05. The Kier molecular flexibility index (Phi) is 4.41. The standard InChI is InChI=1S/C15H19ClN4O3/c1-18-7-6-10-2-3-12(9-18)19(10)15(21)17-14-5-4-11(20(22)23)8-13(14)16/h4-5,8,10,12H,2-3,6-7,9H2,1H3,(H,17,21)/t10?,12-/m1/s1. The zero-order valence-corrected chi connectivity index (χ0v) is 13.6. The number of hydrogen-bond donors (Lipinski definition) is 1. The number of nitro benzene ring substituents is 1. The second-order valence-corrected chi connectivity index (χ2v) is 6.60. The third kappa shape index (κ3) is 3.25. The minimum atomic E-state index is -0.512. The maximum atomic E-state index is 12.7. The smallest absolute Gasteiger partial charge is 0.317 e. The number of likely N-dealkylation sites (tertiary alicyclic amines) is 1. The fourth-order valence-electron chi connectivity index (χ4n) is 3.47. The van der Waals surface area contributed by atoms with Crippen LogP contribution in [0, 0.1) is 10.1 Å². The quantitative estimate of drug-likeness (QED) is 0.664. The van der Waals surface area contributed by atoms with Gasteiger partial charge in [0.15, 0.2) is 0 Å². The number of nitro groups is 1. The van der Waals surface area contributed by atoms with Crippen molar-refractivity contribution in [2.75, 3.05) is 25.5 Å². The molecule has 1 N–H and O–H groups in total. The maximum absolute atomic E-state index is 12.7. The second-order valence-electron chi connectivity index (χ2n) is 6.19. The van der Waals surface area contributed by atoms with Crippen LogP contribution in [0.3, 0.4) is 0 Å². The van der Waals surface area contributed by atoms with Gasteiger partial charge in [-0.15, -0.1) is 0 Å². The van der Waals surface area contributed by atoms with Gasteiger partial charge in [0.05, 0.1) is 15.6 Å². The molecule has 0 aliphatic carbocycles. The normalized spacial score (nSPS) is 24.3. The van der Waals surface area contributed by atoms with Crippen molar-refractivity contribution in [2.45, 2.75) is 31.3 Å². The highest BCUT2D eigenvalue weighted by atomic mass is 35.5. The summed E-state index contributed by atoms with van der Waals surface area (Å²) in [4.78, 5) is 27.1. The zero-order chi connectivity index (χ0) is 16.6. The molecule has 124 valence electrons. The van der Waals surface area contributed by atoms with Gasteiger partial charge in [-0.3, -0.25) is 10.1 Å². The SMILES string of the molecule is CN1CCC2CC[C@H](C1)N2C(=O)Nc1ccc([N+](=O)[O-])cc1Cl. The lowest BCUT2D eigenvalue weighted by Gasteiger charge is -2.28. The molecule has 3 rings (SSSR count). The molecule has 1 aromatic carbocycles. The van der Waals surface area contributed by atoms with Crippen LogP contribution in [0.1, 0.15) is 19.3 Å². The summed E-state index contributed by atoms with van der Waals surface area (Å²) in [5.41, 5.74) is 0.309. The van der Waals surface area contributed by atoms with E-state index >= 15 is 0 Å². The molecule has 2 saturated heterocycles. The molecule has 0 spiro atoms. The van der Waals surface area contributed by atoms with Crippen LogP contribution >= 0.6 is 11.6 Å². The van der Waals surface area contributed by atoms with Crippen LogP contribution in [0.15, 0.2) is 18.2 Å². The number of amides is 2. The van der Waals surface area contributed by atoms with Crippen LogP contribution in [0.25, 0.3) is 0 Å². The van der Waals surface area contributed by atoms with Gasteiger partial charge in [0.2, 0.25) is 0 Å². The lowest BCUT2D eigenvalue weighted by Crippen LogP contribution is -2.45. The van der Waals surface area contributed by atoms with Gasteiger partial charge in [-0.25, -0.2) is 4.79 Å². The molecule has 0 radical (unpaired) electrons. The van der Waals surface area contributed by atoms with Crippen molar-refractivity contribution in [2.24, 2.45) is 0 Å². The molecule has 2 heterocycles. The summed E-state index contributed by atoms with van der Waals surface area (Å²) in [6.07, 6.45) is 3.00. The predicted molar refractivity (Wildman–Crippen MR) is 87.9 cm³/mol. The number of carbonyl (C=O) groups excluding carboxylic acids is 1. The monoisotopic (exact) mass is 338 g/mol. The van der Waals surface area contributed by atoms with Gasteiger partial charge in [0, 0.05) is 30.8 Å². The number of benzene rings is 1. The van der Waals surface area contributed by atoms with Gasteiger partial charge < -0.3 is 15.1 Å². The molecule has 7 nitrogen and oxygen atoms in total. The van der Waals surface area contributed by atoms with E-state index in [4.69, 9.17) is 11.6 Å². The highest BCUT2D eigenvalue weighted by Crippen LogP contribution is 2.32. The molecule has 2 atom stereocenters. The molecule has 0 saturated carbocycles. The summed E-state index contributed by atoms with van der Waals surface area (Å²) < 4.78 is 0. The Bertz CT molecular complexity index is 639. The van der Waals surface area contributed by atoms with Crippen LogP contribution in [0.4, 0.5) is 16.2 Å². The number of nitrogens with zero attached hydrogens (tertiary/aromatic N) is 3. The van der Waals surface area contributed by atoms with E-state index in [0.29, 0.717) is 5.69 Å². The van der Waals surface area contributed by atoms with Crippen molar-refractivity contribution in [3.63, 3.8) is 0 Å². The molecule has 2 fully saturated rings. The van der Waals surface area contributed by atoms with Gasteiger partial charge in [0.25, 0.3) is 5.69 Å². The number of non-ortho nitro benzene ring substituents is 1. The Morgan fingerprint density at radius 2 is 2.09 bits per heavy atom. The number of halogens is 1. The molecule has 1 unspecified atom stereocenters. The highest BCUT2D eigenvalue weighted by molar-refractivity contribution is 6.33. The molecule has 0 aromatic heterocycles. The van der Waals surface area contributed by atoms with E-state index in [2.05, 4.69) is 17.3 Å². The molecule has 2 aliphatic rings. The van der Waals surface area contributed by atoms with Crippen molar-refractivity contribution >= 4 is 29.0 Å². The Labute approximate surface area is 139 Å². The van der Waals surface area contributed by atoms with Crippen molar-refractivity contribution in [1.29, 1.82) is 0 Å². The first-order chi connectivity index (χ1) is 11.0. The zero-order valence-electron chi connectivity index (χ0n) is 12.9. The lowest BCUT2D eigenvalue weighted by molar-refractivity contribution is -0.384. The van der Waals surface area contributed by atoms with Crippen LogP contribution in [0.5, 0.6) is 0 Å². The number of carbonyl (C=O) groups is 1. The summed E-state index contributed by atoms with van der Waals surface area (Å²) in [6, 6.07) is 4.35. The number of rotatable bonds is 2. The van der Waals surface area contributed by atoms with E-state index in [1.165, 1.54) is 18.2 Å². The molecule has 2 amide bonds. The topological polar surface area (TPSA) is 78.7 Å². The molecule has 2 bridgehead atoms. The number of hydrogen-bond acceptors (Lipinski definition) is 4. The molecule has 2 aliphatic heterocycles. The third-order valence-corrected chi connectivity index (χ3v) is 4.94. The average Bonchev–Trinajstić information content (AvgIpc) is 2.80. The van der Waals surface area contributed by atoms with Crippen LogP contribution < -0.4 is 5.32 Å². The molecule has 23 heavy (non-hydrogen) atoms. The number of fused-ring (bicyclic) bond motifs is 2. The minimum absolute atomic E-state index is 0.0931.